The highest BCUT2D eigenvalue weighted by Gasteiger charge is 2.45. The van der Waals surface area contributed by atoms with Crippen LogP contribution in [-0.4, -0.2) is 54.2 Å². The van der Waals surface area contributed by atoms with Gasteiger partial charge in [-0.15, -0.1) is 0 Å². The van der Waals surface area contributed by atoms with Crippen molar-refractivity contribution in [1.82, 2.24) is 0 Å². The lowest BCUT2D eigenvalue weighted by Crippen LogP contribution is -2.48. The van der Waals surface area contributed by atoms with Crippen LogP contribution in [0, 0.1) is 0 Å². The molecule has 1 rings (SSSR count). The van der Waals surface area contributed by atoms with Crippen LogP contribution in [0.1, 0.15) is 5.56 Å². The lowest BCUT2D eigenvalue weighted by molar-refractivity contribution is -0.175. The molecule has 0 amide bonds. The fourth-order valence-corrected chi connectivity index (χ4v) is 1.78. The quantitative estimate of drug-likeness (QED) is 0.608. The predicted octanol–water partition coefficient (Wildman–Crippen LogP) is 0.155. The smallest absolute Gasteiger partial charge is 0.347 e. The van der Waals surface area contributed by atoms with Crippen LogP contribution < -0.4 is 14.2 Å². The van der Waals surface area contributed by atoms with Gasteiger partial charge in [0.2, 0.25) is 5.75 Å². The van der Waals surface area contributed by atoms with Crippen molar-refractivity contribution >= 4 is 11.9 Å². The number of carboxylic acid groups (broad SMARTS) is 2. The third kappa shape index (κ3) is 3.16. The van der Waals surface area contributed by atoms with Gasteiger partial charge in [-0.25, -0.2) is 9.59 Å². The fourth-order valence-electron chi connectivity index (χ4n) is 1.78. The lowest BCUT2D eigenvalue weighted by atomic mass is 9.94. The number of hydrogen-bond donors (Lipinski definition) is 3. The van der Waals surface area contributed by atoms with Gasteiger partial charge >= 0.3 is 11.9 Å². The number of hydrogen-bond acceptors (Lipinski definition) is 6. The first-order chi connectivity index (χ1) is 9.79. The molecule has 0 heterocycles. The van der Waals surface area contributed by atoms with Crippen molar-refractivity contribution in [2.24, 2.45) is 0 Å². The summed E-state index contributed by atoms with van der Waals surface area (Å²) in [4.78, 5) is 22.0. The third-order valence-electron chi connectivity index (χ3n) is 2.89. The summed E-state index contributed by atoms with van der Waals surface area (Å²) >= 11 is 0. The first-order valence-electron chi connectivity index (χ1n) is 5.78. The average molecular weight is 300 g/mol. The molecule has 0 fully saturated rings. The van der Waals surface area contributed by atoms with Gasteiger partial charge in [-0.05, 0) is 17.7 Å². The summed E-state index contributed by atoms with van der Waals surface area (Å²) in [6.45, 7) is 0. The Morgan fingerprint density at radius 3 is 1.71 bits per heavy atom. The van der Waals surface area contributed by atoms with E-state index in [1.54, 1.807) is 0 Å². The molecule has 116 valence electrons. The summed E-state index contributed by atoms with van der Waals surface area (Å²) < 4.78 is 15.2. The Kier molecular flexibility index (Phi) is 4.98. The van der Waals surface area contributed by atoms with Gasteiger partial charge in [-0.2, -0.15) is 0 Å². The summed E-state index contributed by atoms with van der Waals surface area (Å²) in [5.41, 5.74) is -2.73. The van der Waals surface area contributed by atoms with Crippen LogP contribution in [-0.2, 0) is 16.0 Å². The fraction of sp³-hybridized carbons (Fsp3) is 0.385. The Morgan fingerprint density at radius 1 is 1.00 bits per heavy atom. The van der Waals surface area contributed by atoms with Crippen LogP contribution in [0.25, 0.3) is 0 Å². The van der Waals surface area contributed by atoms with Crippen molar-refractivity contribution in [2.45, 2.75) is 12.0 Å². The second-order valence-electron chi connectivity index (χ2n) is 4.18. The molecule has 0 unspecified atom stereocenters. The molecule has 0 saturated carbocycles. The van der Waals surface area contributed by atoms with Gasteiger partial charge in [-0.1, -0.05) is 0 Å². The zero-order chi connectivity index (χ0) is 16.2. The van der Waals surface area contributed by atoms with E-state index in [1.165, 1.54) is 33.5 Å². The van der Waals surface area contributed by atoms with Gasteiger partial charge < -0.3 is 29.5 Å². The minimum absolute atomic E-state index is 0.205. The Morgan fingerprint density at radius 2 is 1.43 bits per heavy atom. The van der Waals surface area contributed by atoms with E-state index in [2.05, 4.69) is 0 Å². The number of aliphatic carboxylic acids is 2. The number of carboxylic acids is 2. The van der Waals surface area contributed by atoms with E-state index in [-0.39, 0.29) is 22.8 Å². The number of carbonyl (C=O) groups is 2. The predicted molar refractivity (Wildman–Crippen MR) is 70.0 cm³/mol. The average Bonchev–Trinajstić information content (AvgIpc) is 2.45. The molecular formula is C13H16O8. The molecular weight excluding hydrogens is 284 g/mol. The van der Waals surface area contributed by atoms with Gasteiger partial charge in [0.25, 0.3) is 5.60 Å². The highest BCUT2D eigenvalue weighted by Crippen LogP contribution is 2.39. The van der Waals surface area contributed by atoms with Gasteiger partial charge in [0.15, 0.2) is 11.5 Å². The van der Waals surface area contributed by atoms with Crippen LogP contribution in [0.4, 0.5) is 0 Å². The Bertz CT molecular complexity index is 512. The number of ether oxygens (including phenoxy) is 3. The maximum atomic E-state index is 11.0. The van der Waals surface area contributed by atoms with E-state index in [0.717, 1.165) is 0 Å². The number of benzene rings is 1. The molecule has 0 bridgehead atoms. The summed E-state index contributed by atoms with van der Waals surface area (Å²) in [7, 11) is 4.12. The molecule has 8 nitrogen and oxygen atoms in total. The van der Waals surface area contributed by atoms with Crippen molar-refractivity contribution in [1.29, 1.82) is 0 Å². The van der Waals surface area contributed by atoms with Gasteiger partial charge in [-0.3, -0.25) is 0 Å². The molecule has 8 heteroatoms. The van der Waals surface area contributed by atoms with Crippen molar-refractivity contribution in [3.63, 3.8) is 0 Å². The van der Waals surface area contributed by atoms with Crippen LogP contribution >= 0.6 is 0 Å². The second-order valence-corrected chi connectivity index (χ2v) is 4.18. The number of aliphatic hydroxyl groups is 1. The molecule has 1 aromatic carbocycles. The Balaban J connectivity index is 3.32. The summed E-state index contributed by atoms with van der Waals surface area (Å²) in [5, 5.41) is 27.6. The normalized spacial score (nSPS) is 10.9. The second kappa shape index (κ2) is 6.31. The molecule has 0 aromatic heterocycles. The van der Waals surface area contributed by atoms with Crippen molar-refractivity contribution < 1.29 is 39.1 Å². The van der Waals surface area contributed by atoms with Crippen LogP contribution in [0.5, 0.6) is 17.2 Å². The molecule has 1 aromatic rings. The Hall–Kier alpha value is -2.48. The third-order valence-corrected chi connectivity index (χ3v) is 2.89. The zero-order valence-electron chi connectivity index (χ0n) is 11.7. The minimum atomic E-state index is -2.94. The summed E-state index contributed by atoms with van der Waals surface area (Å²) in [6.07, 6.45) is -0.658. The molecule has 0 radical (unpaired) electrons. The van der Waals surface area contributed by atoms with Crippen LogP contribution in [0.15, 0.2) is 12.1 Å². The van der Waals surface area contributed by atoms with E-state index in [1.807, 2.05) is 0 Å². The van der Waals surface area contributed by atoms with Crippen LogP contribution in [0.2, 0.25) is 0 Å². The zero-order valence-corrected chi connectivity index (χ0v) is 11.7. The van der Waals surface area contributed by atoms with Crippen molar-refractivity contribution in [2.75, 3.05) is 21.3 Å². The Labute approximate surface area is 120 Å². The highest BCUT2D eigenvalue weighted by molar-refractivity contribution is 6.01. The highest BCUT2D eigenvalue weighted by atomic mass is 16.5. The molecule has 21 heavy (non-hydrogen) atoms. The van der Waals surface area contributed by atoms with E-state index >= 15 is 0 Å². The molecule has 0 aliphatic rings. The summed E-state index contributed by atoms with van der Waals surface area (Å²) in [5.74, 6) is -2.99. The first-order valence-corrected chi connectivity index (χ1v) is 5.78. The molecule has 0 spiro atoms. The number of methoxy groups -OCH3 is 3. The molecule has 0 aliphatic carbocycles. The SMILES string of the molecule is COc1cc(CC(O)(C(=O)O)C(=O)O)cc(OC)c1OC. The largest absolute Gasteiger partial charge is 0.493 e. The molecule has 0 saturated heterocycles. The first kappa shape index (κ1) is 16.6. The standard InChI is InChI=1S/C13H16O8/c1-19-8-4-7(5-9(20-2)10(8)21-3)6-13(18,11(14)15)12(16)17/h4-5,18H,6H2,1-3H3,(H,14,15)(H,16,17). The van der Waals surface area contributed by atoms with E-state index in [0.29, 0.717) is 0 Å². The lowest BCUT2D eigenvalue weighted by Gasteiger charge is -2.20. The minimum Gasteiger partial charge on any atom is -0.493 e. The van der Waals surface area contributed by atoms with E-state index in [9.17, 15) is 14.7 Å². The monoisotopic (exact) mass is 300 g/mol. The van der Waals surface area contributed by atoms with E-state index in [4.69, 9.17) is 24.4 Å². The van der Waals surface area contributed by atoms with Gasteiger partial charge in [0.1, 0.15) is 0 Å². The topological polar surface area (TPSA) is 123 Å². The van der Waals surface area contributed by atoms with Gasteiger partial charge in [0, 0.05) is 6.42 Å². The van der Waals surface area contributed by atoms with E-state index < -0.39 is 24.0 Å². The maximum Gasteiger partial charge on any atom is 0.347 e. The van der Waals surface area contributed by atoms with Gasteiger partial charge in [0.05, 0.1) is 21.3 Å². The molecule has 0 atom stereocenters. The molecule has 0 aliphatic heterocycles. The van der Waals surface area contributed by atoms with Crippen molar-refractivity contribution in [3.05, 3.63) is 17.7 Å². The van der Waals surface area contributed by atoms with Crippen LogP contribution in [0.3, 0.4) is 0 Å². The number of rotatable bonds is 7. The van der Waals surface area contributed by atoms with Crippen molar-refractivity contribution in [3.8, 4) is 17.2 Å². The summed E-state index contributed by atoms with van der Waals surface area (Å²) in [6, 6.07) is 2.75. The maximum absolute atomic E-state index is 11.0. The molecule has 3 N–H and O–H groups in total.